The Labute approximate surface area is 106 Å². The van der Waals surface area contributed by atoms with Crippen molar-refractivity contribution in [1.29, 1.82) is 0 Å². The highest BCUT2D eigenvalue weighted by Crippen LogP contribution is 2.17. The molecule has 0 radical (unpaired) electrons. The average Bonchev–Trinajstić information content (AvgIpc) is 2.25. The zero-order valence-electron chi connectivity index (χ0n) is 9.39. The number of carbonyl (C=O) groups excluding carboxylic acids is 1. The van der Waals surface area contributed by atoms with Crippen LogP contribution in [0.5, 0.6) is 0 Å². The van der Waals surface area contributed by atoms with Gasteiger partial charge in [-0.2, -0.15) is 0 Å². The summed E-state index contributed by atoms with van der Waals surface area (Å²) in [5, 5.41) is 3.31. The maximum absolute atomic E-state index is 11.9. The molecule has 1 unspecified atom stereocenters. The number of halogens is 2. The lowest BCUT2D eigenvalue weighted by Gasteiger charge is -2.14. The Morgan fingerprint density at radius 2 is 2.19 bits per heavy atom. The number of aryl methyl sites for hydroxylation is 1. The van der Waals surface area contributed by atoms with E-state index in [2.05, 4.69) is 5.32 Å². The Bertz CT molecular complexity index is 375. The highest BCUT2D eigenvalue weighted by molar-refractivity contribution is 6.33. The third kappa shape index (κ3) is 3.39. The molecule has 1 N–H and O–H groups in total. The fourth-order valence-corrected chi connectivity index (χ4v) is 1.93. The molecule has 2 nitrogen and oxygen atoms in total. The smallest absolute Gasteiger partial charge is 0.253 e. The van der Waals surface area contributed by atoms with Crippen LogP contribution in [0.1, 0.15) is 29.3 Å². The van der Waals surface area contributed by atoms with Crippen LogP contribution < -0.4 is 5.32 Å². The number of rotatable bonds is 4. The van der Waals surface area contributed by atoms with E-state index in [9.17, 15) is 4.79 Å². The Kier molecular flexibility index (Phi) is 5.10. The van der Waals surface area contributed by atoms with Crippen molar-refractivity contribution in [2.45, 2.75) is 26.3 Å². The fraction of sp³-hybridized carbons (Fsp3) is 0.417. The summed E-state index contributed by atoms with van der Waals surface area (Å²) in [5.41, 5.74) is 1.53. The summed E-state index contributed by atoms with van der Waals surface area (Å²) in [6.45, 7) is 3.91. The summed E-state index contributed by atoms with van der Waals surface area (Å²) in [4.78, 5) is 11.9. The van der Waals surface area contributed by atoms with Crippen molar-refractivity contribution in [3.8, 4) is 0 Å². The highest BCUT2D eigenvalue weighted by atomic mass is 35.5. The number of alkyl halides is 1. The van der Waals surface area contributed by atoms with Gasteiger partial charge in [0.1, 0.15) is 0 Å². The molecule has 1 rings (SSSR count). The maximum atomic E-state index is 11.9. The summed E-state index contributed by atoms with van der Waals surface area (Å²) in [7, 11) is 0. The molecule has 0 aliphatic carbocycles. The molecule has 1 atom stereocenters. The lowest BCUT2D eigenvalue weighted by molar-refractivity contribution is 0.0940. The van der Waals surface area contributed by atoms with Crippen molar-refractivity contribution in [2.24, 2.45) is 0 Å². The third-order valence-corrected chi connectivity index (χ3v) is 3.07. The standard InChI is InChI=1S/C12H15Cl2NO/c1-3-9(7-13)15-12(16)10-5-4-8(2)6-11(10)14/h4-6,9H,3,7H2,1-2H3,(H,15,16). The maximum Gasteiger partial charge on any atom is 0.253 e. The van der Waals surface area contributed by atoms with Gasteiger partial charge in [-0.3, -0.25) is 4.79 Å². The molecule has 16 heavy (non-hydrogen) atoms. The Morgan fingerprint density at radius 1 is 1.50 bits per heavy atom. The number of amides is 1. The normalized spacial score (nSPS) is 12.2. The molecule has 0 spiro atoms. The van der Waals surface area contributed by atoms with Crippen LogP contribution in [0.2, 0.25) is 5.02 Å². The Hall–Kier alpha value is -0.730. The van der Waals surface area contributed by atoms with Crippen molar-refractivity contribution < 1.29 is 4.79 Å². The van der Waals surface area contributed by atoms with Gasteiger partial charge in [-0.1, -0.05) is 24.6 Å². The van der Waals surface area contributed by atoms with E-state index in [-0.39, 0.29) is 11.9 Å². The number of hydrogen-bond acceptors (Lipinski definition) is 1. The van der Waals surface area contributed by atoms with E-state index >= 15 is 0 Å². The van der Waals surface area contributed by atoms with Gasteiger partial charge < -0.3 is 5.32 Å². The van der Waals surface area contributed by atoms with Gasteiger partial charge in [0.05, 0.1) is 10.6 Å². The van der Waals surface area contributed by atoms with E-state index in [4.69, 9.17) is 23.2 Å². The van der Waals surface area contributed by atoms with Crippen LogP contribution in [0.25, 0.3) is 0 Å². The largest absolute Gasteiger partial charge is 0.348 e. The first-order chi connectivity index (χ1) is 7.58. The second kappa shape index (κ2) is 6.12. The quantitative estimate of drug-likeness (QED) is 0.826. The molecule has 0 bridgehead atoms. The van der Waals surface area contributed by atoms with E-state index in [1.165, 1.54) is 0 Å². The molecular formula is C12H15Cl2NO. The average molecular weight is 260 g/mol. The SMILES string of the molecule is CCC(CCl)NC(=O)c1ccc(C)cc1Cl. The number of carbonyl (C=O) groups is 1. The molecule has 1 aromatic carbocycles. The third-order valence-electron chi connectivity index (χ3n) is 2.38. The summed E-state index contributed by atoms with van der Waals surface area (Å²) in [6, 6.07) is 5.36. The molecular weight excluding hydrogens is 245 g/mol. The van der Waals surface area contributed by atoms with Crippen molar-refractivity contribution >= 4 is 29.1 Å². The lowest BCUT2D eigenvalue weighted by Crippen LogP contribution is -2.35. The molecule has 0 aromatic heterocycles. The molecule has 1 amide bonds. The van der Waals surface area contributed by atoms with Gasteiger partial charge in [0.25, 0.3) is 5.91 Å². The number of benzene rings is 1. The van der Waals surface area contributed by atoms with Gasteiger partial charge in [0.2, 0.25) is 0 Å². The van der Waals surface area contributed by atoms with Gasteiger partial charge in [0, 0.05) is 11.9 Å². The predicted octanol–water partition coefficient (Wildman–Crippen LogP) is 3.40. The van der Waals surface area contributed by atoms with Gasteiger partial charge in [-0.25, -0.2) is 0 Å². The summed E-state index contributed by atoms with van der Waals surface area (Å²) in [5.74, 6) is 0.239. The first-order valence-electron chi connectivity index (χ1n) is 5.21. The van der Waals surface area contributed by atoms with Crippen LogP contribution in [0.4, 0.5) is 0 Å². The van der Waals surface area contributed by atoms with Crippen molar-refractivity contribution in [3.63, 3.8) is 0 Å². The van der Waals surface area contributed by atoms with Crippen LogP contribution in [0, 0.1) is 6.92 Å². The molecule has 0 saturated carbocycles. The molecule has 4 heteroatoms. The van der Waals surface area contributed by atoms with E-state index < -0.39 is 0 Å². The molecule has 88 valence electrons. The molecule has 1 aromatic rings. The topological polar surface area (TPSA) is 29.1 Å². The summed E-state index contributed by atoms with van der Waals surface area (Å²) < 4.78 is 0. The molecule has 0 saturated heterocycles. The Morgan fingerprint density at radius 3 is 2.69 bits per heavy atom. The fourth-order valence-electron chi connectivity index (χ4n) is 1.32. The number of nitrogens with one attached hydrogen (secondary N) is 1. The minimum absolute atomic E-state index is 0.00784. The zero-order chi connectivity index (χ0) is 12.1. The van der Waals surface area contributed by atoms with E-state index in [1.807, 2.05) is 19.9 Å². The summed E-state index contributed by atoms with van der Waals surface area (Å²) in [6.07, 6.45) is 0.804. The van der Waals surface area contributed by atoms with Crippen LogP contribution in [-0.2, 0) is 0 Å². The van der Waals surface area contributed by atoms with Crippen LogP contribution in [-0.4, -0.2) is 17.8 Å². The first kappa shape index (κ1) is 13.3. The van der Waals surface area contributed by atoms with Gasteiger partial charge in [-0.15, -0.1) is 11.6 Å². The lowest BCUT2D eigenvalue weighted by atomic mass is 10.1. The second-order valence-electron chi connectivity index (χ2n) is 3.72. The van der Waals surface area contributed by atoms with E-state index in [0.29, 0.717) is 16.5 Å². The zero-order valence-corrected chi connectivity index (χ0v) is 10.9. The van der Waals surface area contributed by atoms with E-state index in [1.54, 1.807) is 12.1 Å². The highest BCUT2D eigenvalue weighted by Gasteiger charge is 2.13. The first-order valence-corrected chi connectivity index (χ1v) is 6.12. The minimum Gasteiger partial charge on any atom is -0.348 e. The van der Waals surface area contributed by atoms with Crippen molar-refractivity contribution in [3.05, 3.63) is 34.3 Å². The molecule has 0 aliphatic heterocycles. The van der Waals surface area contributed by atoms with E-state index in [0.717, 1.165) is 12.0 Å². The number of hydrogen-bond donors (Lipinski definition) is 1. The predicted molar refractivity (Wildman–Crippen MR) is 68.5 cm³/mol. The summed E-state index contributed by atoms with van der Waals surface area (Å²) >= 11 is 11.7. The van der Waals surface area contributed by atoms with Crippen LogP contribution >= 0.6 is 23.2 Å². The second-order valence-corrected chi connectivity index (χ2v) is 4.43. The monoisotopic (exact) mass is 259 g/mol. The molecule has 0 aliphatic rings. The van der Waals surface area contributed by atoms with Crippen molar-refractivity contribution in [2.75, 3.05) is 5.88 Å². The van der Waals surface area contributed by atoms with Crippen molar-refractivity contribution in [1.82, 2.24) is 5.32 Å². The molecule has 0 fully saturated rings. The Balaban J connectivity index is 2.80. The molecule has 0 heterocycles. The van der Waals surface area contributed by atoms with Gasteiger partial charge in [0.15, 0.2) is 0 Å². The van der Waals surface area contributed by atoms with Gasteiger partial charge in [-0.05, 0) is 31.0 Å². The van der Waals surface area contributed by atoms with Crippen LogP contribution in [0.3, 0.4) is 0 Å². The minimum atomic E-state index is -0.169. The van der Waals surface area contributed by atoms with Crippen LogP contribution in [0.15, 0.2) is 18.2 Å². The van der Waals surface area contributed by atoms with Gasteiger partial charge >= 0.3 is 0 Å².